The summed E-state index contributed by atoms with van der Waals surface area (Å²) in [5.74, 6) is -1.60. The number of fused-ring (bicyclic) bond motifs is 1. The van der Waals surface area contributed by atoms with Gasteiger partial charge in [0, 0.05) is 17.0 Å². The van der Waals surface area contributed by atoms with Crippen LogP contribution in [0, 0.1) is 17.8 Å². The summed E-state index contributed by atoms with van der Waals surface area (Å²) in [4.78, 5) is 45.3. The Morgan fingerprint density at radius 2 is 1.97 bits per heavy atom. The SMILES string of the molecule is C=CCN(C(=O)C1N([C@@H](CO)C(C)C)C(=O)[C@@H]2[C@H](C(=O)OCC)[C@]3(C)CCC12S3)c1ccc(OC)cc1. The number of ether oxygens (including phenoxy) is 2. The number of aliphatic hydroxyl groups is 1. The van der Waals surface area contributed by atoms with Crippen LogP contribution in [0.15, 0.2) is 36.9 Å². The van der Waals surface area contributed by atoms with E-state index in [2.05, 4.69) is 6.58 Å². The van der Waals surface area contributed by atoms with Gasteiger partial charge < -0.3 is 24.4 Å². The van der Waals surface area contributed by atoms with Crippen molar-refractivity contribution in [1.29, 1.82) is 0 Å². The standard InChI is InChI=1S/C28H38N2O6S/c1-7-15-29(18-9-11-19(35-6)12-10-18)25(33)23-28-14-13-27(5,37-28)22(26(34)36-8-2)21(28)24(32)30(23)20(16-31)17(3)4/h7,9-12,17,20-23,31H,1,8,13-16H2,2-6H3/t20-,21-,22+,23?,27-,28?/m0/s1. The van der Waals surface area contributed by atoms with E-state index < -0.39 is 33.4 Å². The summed E-state index contributed by atoms with van der Waals surface area (Å²) in [6.07, 6.45) is 3.00. The number of rotatable bonds is 10. The molecule has 202 valence electrons. The smallest absolute Gasteiger partial charge is 0.311 e. The van der Waals surface area contributed by atoms with E-state index in [1.807, 2.05) is 32.9 Å². The number of aliphatic hydroxyl groups excluding tert-OH is 1. The van der Waals surface area contributed by atoms with Crippen molar-refractivity contribution in [2.24, 2.45) is 17.8 Å². The van der Waals surface area contributed by atoms with Crippen LogP contribution in [-0.2, 0) is 19.1 Å². The maximum atomic E-state index is 14.6. The van der Waals surface area contributed by atoms with E-state index in [9.17, 15) is 19.5 Å². The fourth-order valence-electron chi connectivity index (χ4n) is 6.57. The van der Waals surface area contributed by atoms with Gasteiger partial charge >= 0.3 is 5.97 Å². The number of thioether (sulfide) groups is 1. The molecule has 1 aromatic rings. The number of nitrogens with zero attached hydrogens (tertiary/aromatic N) is 2. The van der Waals surface area contributed by atoms with E-state index in [1.54, 1.807) is 53.8 Å². The average molecular weight is 531 g/mol. The molecule has 2 amide bonds. The second-order valence-electron chi connectivity index (χ2n) is 10.7. The lowest BCUT2D eigenvalue weighted by Crippen LogP contribution is -2.58. The van der Waals surface area contributed by atoms with Crippen LogP contribution >= 0.6 is 11.8 Å². The number of benzene rings is 1. The fraction of sp³-hybridized carbons (Fsp3) is 0.607. The zero-order chi connectivity index (χ0) is 27.1. The lowest BCUT2D eigenvalue weighted by molar-refractivity contribution is -0.155. The maximum Gasteiger partial charge on any atom is 0.311 e. The first kappa shape index (κ1) is 27.5. The Morgan fingerprint density at radius 3 is 2.51 bits per heavy atom. The van der Waals surface area contributed by atoms with Crippen molar-refractivity contribution < 1.29 is 29.0 Å². The Bertz CT molecular complexity index is 1060. The van der Waals surface area contributed by atoms with Crippen molar-refractivity contribution in [2.75, 3.05) is 31.8 Å². The van der Waals surface area contributed by atoms with Gasteiger partial charge in [-0.1, -0.05) is 19.9 Å². The molecule has 8 nitrogen and oxygen atoms in total. The van der Waals surface area contributed by atoms with Crippen LogP contribution < -0.4 is 9.64 Å². The molecule has 0 saturated carbocycles. The molecule has 2 unspecified atom stereocenters. The van der Waals surface area contributed by atoms with Gasteiger partial charge in [-0.15, -0.1) is 18.3 Å². The molecule has 1 spiro atoms. The van der Waals surface area contributed by atoms with Gasteiger partial charge in [-0.05, 0) is 56.9 Å². The molecule has 0 radical (unpaired) electrons. The minimum absolute atomic E-state index is 0.0906. The summed E-state index contributed by atoms with van der Waals surface area (Å²) < 4.78 is 9.45. The normalized spacial score (nSPS) is 30.8. The van der Waals surface area contributed by atoms with E-state index >= 15 is 0 Å². The number of hydrogen-bond donors (Lipinski definition) is 1. The summed E-state index contributed by atoms with van der Waals surface area (Å²) >= 11 is 1.60. The second-order valence-corrected chi connectivity index (χ2v) is 12.6. The molecule has 9 heteroatoms. The van der Waals surface area contributed by atoms with Crippen molar-refractivity contribution >= 4 is 35.2 Å². The van der Waals surface area contributed by atoms with Crippen LogP contribution in [0.5, 0.6) is 5.75 Å². The number of anilines is 1. The minimum atomic E-state index is -0.835. The molecule has 3 saturated heterocycles. The molecular weight excluding hydrogens is 492 g/mol. The number of esters is 1. The van der Waals surface area contributed by atoms with Crippen LogP contribution in [0.1, 0.15) is 40.5 Å². The highest BCUT2D eigenvalue weighted by molar-refractivity contribution is 8.02. The first-order valence-corrected chi connectivity index (χ1v) is 13.8. The Kier molecular flexibility index (Phi) is 7.68. The third kappa shape index (κ3) is 4.24. The summed E-state index contributed by atoms with van der Waals surface area (Å²) in [5.41, 5.74) is 0.661. The molecule has 2 bridgehead atoms. The Balaban J connectivity index is 1.84. The van der Waals surface area contributed by atoms with Gasteiger partial charge in [0.15, 0.2) is 0 Å². The van der Waals surface area contributed by atoms with E-state index in [0.29, 0.717) is 24.3 Å². The van der Waals surface area contributed by atoms with Gasteiger partial charge in [0.1, 0.15) is 11.8 Å². The van der Waals surface area contributed by atoms with Gasteiger partial charge in [-0.25, -0.2) is 0 Å². The highest BCUT2D eigenvalue weighted by Crippen LogP contribution is 2.72. The second kappa shape index (κ2) is 10.3. The monoisotopic (exact) mass is 530 g/mol. The summed E-state index contributed by atoms with van der Waals surface area (Å²) in [7, 11) is 1.58. The quantitative estimate of drug-likeness (QED) is 0.366. The minimum Gasteiger partial charge on any atom is -0.497 e. The Morgan fingerprint density at radius 1 is 1.30 bits per heavy atom. The molecule has 1 N–H and O–H groups in total. The van der Waals surface area contributed by atoms with Crippen molar-refractivity contribution in [3.63, 3.8) is 0 Å². The van der Waals surface area contributed by atoms with Gasteiger partial charge in [0.2, 0.25) is 5.91 Å². The van der Waals surface area contributed by atoms with Crippen molar-refractivity contribution in [3.05, 3.63) is 36.9 Å². The highest BCUT2D eigenvalue weighted by atomic mass is 32.2. The number of carbonyl (C=O) groups excluding carboxylic acids is 3. The largest absolute Gasteiger partial charge is 0.497 e. The van der Waals surface area contributed by atoms with Crippen LogP contribution in [0.3, 0.4) is 0 Å². The zero-order valence-corrected chi connectivity index (χ0v) is 23.1. The number of amides is 2. The summed E-state index contributed by atoms with van der Waals surface area (Å²) in [6.45, 7) is 11.7. The number of carbonyl (C=O) groups is 3. The van der Waals surface area contributed by atoms with Crippen LogP contribution in [0.2, 0.25) is 0 Å². The summed E-state index contributed by atoms with van der Waals surface area (Å²) in [5, 5.41) is 10.4. The zero-order valence-electron chi connectivity index (χ0n) is 22.3. The number of hydrogen-bond acceptors (Lipinski definition) is 7. The molecule has 6 atom stereocenters. The molecule has 37 heavy (non-hydrogen) atoms. The third-order valence-corrected chi connectivity index (χ3v) is 10.3. The summed E-state index contributed by atoms with van der Waals surface area (Å²) in [6, 6.07) is 5.80. The number of likely N-dealkylation sites (tertiary alicyclic amines) is 1. The van der Waals surface area contributed by atoms with Gasteiger partial charge in [0.05, 0.1) is 42.9 Å². The lowest BCUT2D eigenvalue weighted by Gasteiger charge is -2.40. The first-order valence-electron chi connectivity index (χ1n) is 13.0. The van der Waals surface area contributed by atoms with E-state index in [-0.39, 0.29) is 43.5 Å². The van der Waals surface area contributed by atoms with E-state index in [0.717, 1.165) is 0 Å². The van der Waals surface area contributed by atoms with Crippen LogP contribution in [0.4, 0.5) is 5.69 Å². The molecule has 4 rings (SSSR count). The topological polar surface area (TPSA) is 96.4 Å². The van der Waals surface area contributed by atoms with Crippen LogP contribution in [-0.4, -0.2) is 76.2 Å². The molecule has 3 fully saturated rings. The van der Waals surface area contributed by atoms with Crippen LogP contribution in [0.25, 0.3) is 0 Å². The molecular formula is C28H38N2O6S. The van der Waals surface area contributed by atoms with Gasteiger partial charge in [-0.3, -0.25) is 14.4 Å². The van der Waals surface area contributed by atoms with Crippen molar-refractivity contribution in [2.45, 2.75) is 62.1 Å². The molecule has 3 aliphatic heterocycles. The fourth-order valence-corrected chi connectivity index (χ4v) is 8.90. The number of methoxy groups -OCH3 is 1. The van der Waals surface area contributed by atoms with Gasteiger partial charge in [-0.2, -0.15) is 0 Å². The Labute approximate surface area is 223 Å². The molecule has 0 aromatic heterocycles. The molecule has 3 heterocycles. The molecule has 1 aromatic carbocycles. The molecule has 3 aliphatic rings. The predicted octanol–water partition coefficient (Wildman–Crippen LogP) is 3.28. The Hall–Kier alpha value is -2.52. The van der Waals surface area contributed by atoms with E-state index in [1.165, 1.54) is 0 Å². The lowest BCUT2D eigenvalue weighted by atomic mass is 9.66. The first-order chi connectivity index (χ1) is 17.6. The predicted molar refractivity (Wildman–Crippen MR) is 143 cm³/mol. The van der Waals surface area contributed by atoms with Crippen molar-refractivity contribution in [3.8, 4) is 5.75 Å². The average Bonchev–Trinajstić information content (AvgIpc) is 3.44. The highest BCUT2D eigenvalue weighted by Gasteiger charge is 2.78. The molecule has 0 aliphatic carbocycles. The van der Waals surface area contributed by atoms with E-state index in [4.69, 9.17) is 9.47 Å². The van der Waals surface area contributed by atoms with Crippen molar-refractivity contribution in [1.82, 2.24) is 4.90 Å². The maximum absolute atomic E-state index is 14.6. The third-order valence-electron chi connectivity index (χ3n) is 8.26. The van der Waals surface area contributed by atoms with Gasteiger partial charge in [0.25, 0.3) is 5.91 Å².